The van der Waals surface area contributed by atoms with Crippen LogP contribution in [0.3, 0.4) is 0 Å². The van der Waals surface area contributed by atoms with E-state index in [0.717, 1.165) is 30.9 Å². The van der Waals surface area contributed by atoms with Crippen LogP contribution in [0.2, 0.25) is 0 Å². The minimum Gasteiger partial charge on any atom is -0.496 e. The first-order chi connectivity index (χ1) is 11.2. The molecule has 1 amide bonds. The van der Waals surface area contributed by atoms with Gasteiger partial charge in [-0.2, -0.15) is 0 Å². The molecule has 0 unspecified atom stereocenters. The largest absolute Gasteiger partial charge is 0.496 e. The van der Waals surface area contributed by atoms with Gasteiger partial charge < -0.3 is 9.64 Å². The Kier molecular flexibility index (Phi) is 4.93. The van der Waals surface area contributed by atoms with Gasteiger partial charge in [0.25, 0.3) is 0 Å². The zero-order valence-corrected chi connectivity index (χ0v) is 14.3. The summed E-state index contributed by atoms with van der Waals surface area (Å²) in [5.41, 5.74) is 2.99. The molecule has 1 aromatic heterocycles. The number of para-hydroxylation sites is 1. The van der Waals surface area contributed by atoms with E-state index >= 15 is 0 Å². The third-order valence-electron chi connectivity index (χ3n) is 4.28. The second-order valence-electron chi connectivity index (χ2n) is 5.66. The standard InChI is InChI=1S/C17H21N3O2S/c1-13(21)19-7-8-20(10-14-9-18-12-23-14)16(11-19)15-5-3-4-6-17(15)22-2/h3-6,9,12,16H,7-8,10-11H2,1-2H3/t16-/m0/s1. The second kappa shape index (κ2) is 7.10. The van der Waals surface area contributed by atoms with Crippen molar-refractivity contribution >= 4 is 17.2 Å². The Labute approximate surface area is 140 Å². The normalized spacial score (nSPS) is 18.9. The highest BCUT2D eigenvalue weighted by molar-refractivity contribution is 7.09. The highest BCUT2D eigenvalue weighted by Gasteiger charge is 2.31. The van der Waals surface area contributed by atoms with Crippen molar-refractivity contribution in [3.63, 3.8) is 0 Å². The van der Waals surface area contributed by atoms with Gasteiger partial charge in [0.15, 0.2) is 0 Å². The van der Waals surface area contributed by atoms with Crippen molar-refractivity contribution in [1.82, 2.24) is 14.8 Å². The van der Waals surface area contributed by atoms with Gasteiger partial charge in [-0.1, -0.05) is 18.2 Å². The molecule has 2 heterocycles. The predicted molar refractivity (Wildman–Crippen MR) is 90.5 cm³/mol. The number of nitrogens with zero attached hydrogens (tertiary/aromatic N) is 3. The lowest BCUT2D eigenvalue weighted by atomic mass is 10.0. The molecule has 0 bridgehead atoms. The molecule has 3 rings (SSSR count). The van der Waals surface area contributed by atoms with E-state index in [1.807, 2.05) is 34.8 Å². The van der Waals surface area contributed by atoms with E-state index in [1.54, 1.807) is 25.4 Å². The molecule has 1 aromatic carbocycles. The number of rotatable bonds is 4. The minimum absolute atomic E-state index is 0.127. The molecule has 2 aromatic rings. The van der Waals surface area contributed by atoms with Gasteiger partial charge in [-0.05, 0) is 6.07 Å². The van der Waals surface area contributed by atoms with E-state index in [-0.39, 0.29) is 11.9 Å². The SMILES string of the molecule is COc1ccccc1[C@@H]1CN(C(C)=O)CCN1Cc1cncs1. The molecule has 0 radical (unpaired) electrons. The molecule has 5 nitrogen and oxygen atoms in total. The van der Waals surface area contributed by atoms with Crippen LogP contribution in [0.5, 0.6) is 5.75 Å². The zero-order valence-electron chi connectivity index (χ0n) is 13.4. The van der Waals surface area contributed by atoms with E-state index in [4.69, 9.17) is 4.74 Å². The number of hydrogen-bond donors (Lipinski definition) is 0. The number of aromatic nitrogens is 1. The number of carbonyl (C=O) groups excluding carboxylic acids is 1. The molecule has 122 valence electrons. The first-order valence-electron chi connectivity index (χ1n) is 7.69. The predicted octanol–water partition coefficient (Wildman–Crippen LogP) is 2.56. The van der Waals surface area contributed by atoms with Gasteiger partial charge in [-0.15, -0.1) is 11.3 Å². The van der Waals surface area contributed by atoms with E-state index in [9.17, 15) is 4.79 Å². The fraction of sp³-hybridized carbons (Fsp3) is 0.412. The smallest absolute Gasteiger partial charge is 0.219 e. The molecule has 0 spiro atoms. The Morgan fingerprint density at radius 1 is 1.39 bits per heavy atom. The third-order valence-corrected chi connectivity index (χ3v) is 5.04. The molecule has 0 N–H and O–H groups in total. The Bertz CT molecular complexity index is 660. The summed E-state index contributed by atoms with van der Waals surface area (Å²) in [6.45, 7) is 4.78. The van der Waals surface area contributed by atoms with Crippen molar-refractivity contribution in [2.24, 2.45) is 0 Å². The average molecular weight is 331 g/mol. The van der Waals surface area contributed by atoms with Crippen molar-refractivity contribution in [3.05, 3.63) is 46.4 Å². The number of ether oxygens (including phenoxy) is 1. The van der Waals surface area contributed by atoms with E-state index in [2.05, 4.69) is 16.0 Å². The summed E-state index contributed by atoms with van der Waals surface area (Å²) < 4.78 is 5.54. The van der Waals surface area contributed by atoms with E-state index < -0.39 is 0 Å². The molecule has 1 aliphatic rings. The molecule has 23 heavy (non-hydrogen) atoms. The molecular weight excluding hydrogens is 310 g/mol. The molecule has 6 heteroatoms. The summed E-state index contributed by atoms with van der Waals surface area (Å²) in [5.74, 6) is 1.000. The lowest BCUT2D eigenvalue weighted by molar-refractivity contribution is -0.132. The van der Waals surface area contributed by atoms with Crippen LogP contribution in [0.15, 0.2) is 36.0 Å². The zero-order chi connectivity index (χ0) is 16.2. The van der Waals surface area contributed by atoms with Gasteiger partial charge in [-0.25, -0.2) is 0 Å². The number of thiazole rings is 1. The monoisotopic (exact) mass is 331 g/mol. The van der Waals surface area contributed by atoms with Crippen molar-refractivity contribution in [3.8, 4) is 5.75 Å². The van der Waals surface area contributed by atoms with Gasteiger partial charge in [0.2, 0.25) is 5.91 Å². The third kappa shape index (κ3) is 3.54. The summed E-state index contributed by atoms with van der Waals surface area (Å²) in [6.07, 6.45) is 1.92. The number of methoxy groups -OCH3 is 1. The van der Waals surface area contributed by atoms with Crippen molar-refractivity contribution in [2.75, 3.05) is 26.7 Å². The maximum absolute atomic E-state index is 11.8. The van der Waals surface area contributed by atoms with E-state index in [1.165, 1.54) is 4.88 Å². The topological polar surface area (TPSA) is 45.7 Å². The lowest BCUT2D eigenvalue weighted by Gasteiger charge is -2.41. The maximum Gasteiger partial charge on any atom is 0.219 e. The Morgan fingerprint density at radius 3 is 2.91 bits per heavy atom. The summed E-state index contributed by atoms with van der Waals surface area (Å²) in [5, 5.41) is 0. The van der Waals surface area contributed by atoms with E-state index in [0.29, 0.717) is 6.54 Å². The van der Waals surface area contributed by atoms with Crippen LogP contribution < -0.4 is 4.74 Å². The van der Waals surface area contributed by atoms with Crippen LogP contribution >= 0.6 is 11.3 Å². The summed E-state index contributed by atoms with van der Waals surface area (Å²) in [4.78, 5) is 21.5. The number of amides is 1. The van der Waals surface area contributed by atoms with Crippen molar-refractivity contribution in [2.45, 2.75) is 19.5 Å². The highest BCUT2D eigenvalue weighted by atomic mass is 32.1. The van der Waals surface area contributed by atoms with Crippen molar-refractivity contribution in [1.29, 1.82) is 0 Å². The van der Waals surface area contributed by atoms with Crippen LogP contribution in [-0.4, -0.2) is 47.4 Å². The van der Waals surface area contributed by atoms with Gasteiger partial charge in [0.1, 0.15) is 5.75 Å². The van der Waals surface area contributed by atoms with Gasteiger partial charge >= 0.3 is 0 Å². The minimum atomic E-state index is 0.127. The summed E-state index contributed by atoms with van der Waals surface area (Å²) in [7, 11) is 1.69. The van der Waals surface area contributed by atoms with Crippen LogP contribution in [-0.2, 0) is 11.3 Å². The summed E-state index contributed by atoms with van der Waals surface area (Å²) in [6, 6.07) is 8.20. The average Bonchev–Trinajstić information content (AvgIpc) is 3.08. The first kappa shape index (κ1) is 16.0. The van der Waals surface area contributed by atoms with Gasteiger partial charge in [-0.3, -0.25) is 14.7 Å². The molecular formula is C17H21N3O2S. The second-order valence-corrected chi connectivity index (χ2v) is 6.63. The van der Waals surface area contributed by atoms with Crippen LogP contribution in [0.25, 0.3) is 0 Å². The van der Waals surface area contributed by atoms with Gasteiger partial charge in [0.05, 0.1) is 18.7 Å². The Morgan fingerprint density at radius 2 is 2.22 bits per heavy atom. The number of piperazine rings is 1. The summed E-state index contributed by atoms with van der Waals surface area (Å²) >= 11 is 1.67. The van der Waals surface area contributed by atoms with Gasteiger partial charge in [0, 0.05) is 49.7 Å². The van der Waals surface area contributed by atoms with Crippen molar-refractivity contribution < 1.29 is 9.53 Å². The Balaban J connectivity index is 1.89. The lowest BCUT2D eigenvalue weighted by Crippen LogP contribution is -2.49. The quantitative estimate of drug-likeness (QED) is 0.864. The molecule has 1 fully saturated rings. The number of benzene rings is 1. The number of hydrogen-bond acceptors (Lipinski definition) is 5. The molecule has 0 saturated carbocycles. The molecule has 1 saturated heterocycles. The fourth-order valence-corrected chi connectivity index (χ4v) is 3.67. The Hall–Kier alpha value is -1.92. The molecule has 0 aliphatic carbocycles. The molecule has 1 aliphatic heterocycles. The fourth-order valence-electron chi connectivity index (χ4n) is 3.05. The maximum atomic E-state index is 11.8. The van der Waals surface area contributed by atoms with Crippen LogP contribution in [0.4, 0.5) is 0 Å². The molecule has 1 atom stereocenters. The number of carbonyl (C=O) groups is 1. The first-order valence-corrected chi connectivity index (χ1v) is 8.57. The van der Waals surface area contributed by atoms with Crippen LogP contribution in [0.1, 0.15) is 23.4 Å². The van der Waals surface area contributed by atoms with Crippen LogP contribution in [0, 0.1) is 0 Å². The highest BCUT2D eigenvalue weighted by Crippen LogP contribution is 2.33.